The first-order valence-corrected chi connectivity index (χ1v) is 9.83. The molecule has 1 aromatic heterocycles. The highest BCUT2D eigenvalue weighted by molar-refractivity contribution is 6.10. The van der Waals surface area contributed by atoms with Gasteiger partial charge in [0.1, 0.15) is 5.69 Å². The van der Waals surface area contributed by atoms with Gasteiger partial charge in [-0.3, -0.25) is 9.59 Å². The minimum absolute atomic E-state index is 0.0984. The highest BCUT2D eigenvalue weighted by Gasteiger charge is 2.67. The second-order valence-corrected chi connectivity index (χ2v) is 8.18. The predicted octanol–water partition coefficient (Wildman–Crippen LogP) is 4.56. The molecule has 2 aliphatic carbocycles. The Balaban J connectivity index is 1.38. The van der Waals surface area contributed by atoms with Crippen molar-refractivity contribution in [2.24, 2.45) is 5.92 Å². The van der Waals surface area contributed by atoms with E-state index in [-0.39, 0.29) is 34.2 Å². The number of rotatable bonds is 2. The lowest BCUT2D eigenvalue weighted by Crippen LogP contribution is -2.33. The number of carbonyl (C=O) groups is 2. The summed E-state index contributed by atoms with van der Waals surface area (Å²) in [6.07, 6.45) is -2.43. The molecule has 31 heavy (non-hydrogen) atoms. The quantitative estimate of drug-likeness (QED) is 0.656. The summed E-state index contributed by atoms with van der Waals surface area (Å²) in [6, 6.07) is 13.2. The van der Waals surface area contributed by atoms with Crippen LogP contribution >= 0.6 is 0 Å². The van der Waals surface area contributed by atoms with Gasteiger partial charge in [-0.2, -0.15) is 0 Å². The molecule has 1 aliphatic heterocycles. The smallest absolute Gasteiger partial charge is 0.404 e. The van der Waals surface area contributed by atoms with Crippen molar-refractivity contribution in [1.82, 2.24) is 9.88 Å². The number of aromatic amines is 1. The summed E-state index contributed by atoms with van der Waals surface area (Å²) in [5.41, 5.74) is 2.23. The van der Waals surface area contributed by atoms with E-state index in [0.29, 0.717) is 23.2 Å². The molecule has 5 nitrogen and oxygen atoms in total. The molecule has 2 fully saturated rings. The largest absolute Gasteiger partial charge is 0.573 e. The number of carbonyl (C=O) groups excluding carboxylic acids is 2. The van der Waals surface area contributed by atoms with Gasteiger partial charge in [0.2, 0.25) is 0 Å². The fourth-order valence-electron chi connectivity index (χ4n) is 5.18. The van der Waals surface area contributed by atoms with Gasteiger partial charge in [0.05, 0.1) is 5.52 Å². The molecule has 1 amide bonds. The average Bonchev–Trinajstić information content (AvgIpc) is 3.10. The lowest BCUT2D eigenvalue weighted by atomic mass is 9.81. The first-order valence-electron chi connectivity index (χ1n) is 9.83. The summed E-state index contributed by atoms with van der Waals surface area (Å²) in [5.74, 6) is -0.686. The Labute approximate surface area is 174 Å². The van der Waals surface area contributed by atoms with Crippen LogP contribution < -0.4 is 4.74 Å². The average molecular weight is 424 g/mol. The second kappa shape index (κ2) is 5.78. The predicted molar refractivity (Wildman–Crippen MR) is 105 cm³/mol. The number of para-hydroxylation sites is 1. The van der Waals surface area contributed by atoms with Crippen molar-refractivity contribution in [3.8, 4) is 5.75 Å². The van der Waals surface area contributed by atoms with E-state index in [9.17, 15) is 22.8 Å². The summed E-state index contributed by atoms with van der Waals surface area (Å²) in [4.78, 5) is 30.4. The van der Waals surface area contributed by atoms with Crippen molar-refractivity contribution in [2.45, 2.75) is 18.2 Å². The molecule has 0 bridgehead atoms. The van der Waals surface area contributed by atoms with Crippen molar-refractivity contribution >= 4 is 22.6 Å². The number of fused-ring (bicyclic) bond motifs is 2. The number of benzene rings is 2. The number of hydrogen-bond acceptors (Lipinski definition) is 3. The number of nitrogens with zero attached hydrogens (tertiary/aromatic N) is 1. The molecule has 3 aromatic rings. The highest BCUT2D eigenvalue weighted by Crippen LogP contribution is 2.66. The van der Waals surface area contributed by atoms with Crippen LogP contribution in [0.5, 0.6) is 5.75 Å². The number of likely N-dealkylation sites (tertiary alicyclic amines) is 1. The van der Waals surface area contributed by atoms with E-state index in [1.165, 1.54) is 24.3 Å². The van der Waals surface area contributed by atoms with Gasteiger partial charge in [0.25, 0.3) is 5.91 Å². The number of hydrogen-bond donors (Lipinski definition) is 1. The van der Waals surface area contributed by atoms with Crippen LogP contribution in [0.25, 0.3) is 10.9 Å². The van der Waals surface area contributed by atoms with Crippen molar-refractivity contribution < 1.29 is 27.5 Å². The Morgan fingerprint density at radius 3 is 2.77 bits per heavy atom. The van der Waals surface area contributed by atoms with Gasteiger partial charge in [-0.1, -0.05) is 36.4 Å². The monoisotopic (exact) mass is 424 g/mol. The van der Waals surface area contributed by atoms with Gasteiger partial charge < -0.3 is 14.6 Å². The van der Waals surface area contributed by atoms with E-state index >= 15 is 0 Å². The van der Waals surface area contributed by atoms with E-state index in [1.54, 1.807) is 17.0 Å². The number of aromatic nitrogens is 1. The maximum absolute atomic E-state index is 13.3. The Morgan fingerprint density at radius 1 is 1.16 bits per heavy atom. The van der Waals surface area contributed by atoms with Crippen molar-refractivity contribution in [3.05, 3.63) is 77.1 Å². The van der Waals surface area contributed by atoms with Gasteiger partial charge in [-0.05, 0) is 30.0 Å². The molecule has 2 heterocycles. The molecule has 1 spiro atoms. The highest BCUT2D eigenvalue weighted by atomic mass is 19.4. The SMILES string of the molecule is O=C1C=C2N(C(=O)c3cc4cccc(OC(F)(F)F)c4[nH]3)C[C@H]3C[C@@]23c2ccccc21. The van der Waals surface area contributed by atoms with Crippen LogP contribution in [0.3, 0.4) is 0 Å². The third kappa shape index (κ3) is 2.50. The number of nitrogens with one attached hydrogen (secondary N) is 1. The zero-order chi connectivity index (χ0) is 21.5. The van der Waals surface area contributed by atoms with Gasteiger partial charge in [-0.25, -0.2) is 0 Å². The van der Waals surface area contributed by atoms with Crippen LogP contribution in [-0.2, 0) is 5.41 Å². The molecule has 2 atom stereocenters. The molecule has 1 saturated carbocycles. The standard InChI is InChI=1S/C23H15F3N2O3/c24-23(25,26)31-18-7-3-4-12-8-16(27-20(12)18)21(30)28-11-13-10-22(13)15-6-2-1-5-14(15)17(29)9-19(22)28/h1-9,13,27H,10-11H2/t13-,22-/m1/s1. The van der Waals surface area contributed by atoms with E-state index in [2.05, 4.69) is 9.72 Å². The van der Waals surface area contributed by atoms with Crippen LogP contribution in [0.1, 0.15) is 32.8 Å². The van der Waals surface area contributed by atoms with E-state index in [0.717, 1.165) is 12.0 Å². The number of allylic oxidation sites excluding steroid dienone is 2. The van der Waals surface area contributed by atoms with E-state index in [4.69, 9.17) is 0 Å². The van der Waals surface area contributed by atoms with Crippen LogP contribution in [-0.4, -0.2) is 34.5 Å². The van der Waals surface area contributed by atoms with Crippen LogP contribution in [0, 0.1) is 5.92 Å². The number of ether oxygens (including phenoxy) is 1. The molecule has 0 unspecified atom stereocenters. The number of halogens is 3. The summed E-state index contributed by atoms with van der Waals surface area (Å²) in [6.45, 7) is 0.466. The molecule has 0 radical (unpaired) electrons. The lowest BCUT2D eigenvalue weighted by molar-refractivity contribution is -0.274. The Morgan fingerprint density at radius 2 is 1.97 bits per heavy atom. The van der Waals surface area contributed by atoms with Gasteiger partial charge in [0, 0.05) is 34.7 Å². The molecule has 6 rings (SSSR count). The normalized spacial score (nSPS) is 23.8. The minimum Gasteiger partial charge on any atom is -0.404 e. The van der Waals surface area contributed by atoms with Gasteiger partial charge in [0.15, 0.2) is 11.5 Å². The van der Waals surface area contributed by atoms with Gasteiger partial charge in [-0.15, -0.1) is 13.2 Å². The maximum Gasteiger partial charge on any atom is 0.573 e. The summed E-state index contributed by atoms with van der Waals surface area (Å²) < 4.78 is 42.2. The first-order chi connectivity index (χ1) is 14.8. The summed E-state index contributed by atoms with van der Waals surface area (Å²) >= 11 is 0. The van der Waals surface area contributed by atoms with E-state index < -0.39 is 12.1 Å². The fourth-order valence-corrected chi connectivity index (χ4v) is 5.18. The number of H-pyrrole nitrogens is 1. The van der Waals surface area contributed by atoms with Gasteiger partial charge >= 0.3 is 6.36 Å². The third-order valence-corrected chi connectivity index (χ3v) is 6.52. The number of amides is 1. The molecule has 3 aliphatic rings. The Hall–Kier alpha value is -3.55. The number of piperidine rings is 1. The molecule has 1 N–H and O–H groups in total. The van der Waals surface area contributed by atoms with Crippen molar-refractivity contribution in [3.63, 3.8) is 0 Å². The zero-order valence-electron chi connectivity index (χ0n) is 16.0. The summed E-state index contributed by atoms with van der Waals surface area (Å²) in [7, 11) is 0. The van der Waals surface area contributed by atoms with Crippen LogP contribution in [0.4, 0.5) is 13.2 Å². The molecule has 1 saturated heterocycles. The molecule has 8 heteroatoms. The fraction of sp³-hybridized carbons (Fsp3) is 0.217. The molecular formula is C23H15F3N2O3. The molecular weight excluding hydrogens is 409 g/mol. The summed E-state index contributed by atoms with van der Waals surface area (Å²) in [5, 5.41) is 0.434. The van der Waals surface area contributed by atoms with E-state index in [1.807, 2.05) is 18.2 Å². The Bertz CT molecular complexity index is 1320. The topological polar surface area (TPSA) is 62.4 Å². The first kappa shape index (κ1) is 18.2. The second-order valence-electron chi connectivity index (χ2n) is 8.18. The lowest BCUT2D eigenvalue weighted by Gasteiger charge is -2.29. The molecule has 156 valence electrons. The Kier molecular flexibility index (Phi) is 3.40. The number of ketones is 1. The zero-order valence-corrected chi connectivity index (χ0v) is 16.0. The van der Waals surface area contributed by atoms with Crippen LogP contribution in [0.2, 0.25) is 0 Å². The van der Waals surface area contributed by atoms with Crippen molar-refractivity contribution in [1.29, 1.82) is 0 Å². The minimum atomic E-state index is -4.84. The maximum atomic E-state index is 13.3. The molecule has 2 aromatic carbocycles. The third-order valence-electron chi connectivity index (χ3n) is 6.52. The number of alkyl halides is 3. The van der Waals surface area contributed by atoms with Crippen molar-refractivity contribution in [2.75, 3.05) is 6.54 Å². The van der Waals surface area contributed by atoms with Crippen LogP contribution in [0.15, 0.2) is 60.3 Å².